The van der Waals surface area contributed by atoms with Gasteiger partial charge in [-0.15, -0.1) is 0 Å². The minimum absolute atomic E-state index is 0.00354. The predicted molar refractivity (Wildman–Crippen MR) is 256 cm³/mol. The van der Waals surface area contributed by atoms with Crippen molar-refractivity contribution in [1.82, 2.24) is 29.9 Å². The molecule has 71 heavy (non-hydrogen) atoms. The summed E-state index contributed by atoms with van der Waals surface area (Å²) in [6.07, 6.45) is 2.34. The second-order valence-electron chi connectivity index (χ2n) is 14.9. The highest BCUT2D eigenvalue weighted by Gasteiger charge is 2.22. The number of benzene rings is 4. The molecule has 4 aromatic carbocycles. The summed E-state index contributed by atoms with van der Waals surface area (Å²) >= 11 is 0. The Morgan fingerprint density at radius 2 is 0.873 bits per heavy atom. The highest BCUT2D eigenvalue weighted by atomic mass is 32.2. The third-order valence-electron chi connectivity index (χ3n) is 9.92. The Bertz CT molecular complexity index is 3400. The van der Waals surface area contributed by atoms with Gasteiger partial charge in [0.25, 0.3) is 40.5 Å². The topological polar surface area (TPSA) is 399 Å². The molecular formula is C40H42N12O15S4. The van der Waals surface area contributed by atoms with Gasteiger partial charge in [-0.25, -0.2) is 0 Å². The fourth-order valence-corrected chi connectivity index (χ4v) is 9.00. The number of nitrogens with zero attached hydrogens (tertiary/aromatic N) is 8. The Morgan fingerprint density at radius 1 is 0.507 bits per heavy atom. The molecule has 376 valence electrons. The first kappa shape index (κ1) is 51.8. The van der Waals surface area contributed by atoms with E-state index in [9.17, 15) is 62.1 Å². The first-order chi connectivity index (χ1) is 33.5. The van der Waals surface area contributed by atoms with Crippen LogP contribution in [0.1, 0.15) is 11.1 Å². The first-order valence-electron chi connectivity index (χ1n) is 20.5. The molecular weight excluding hydrogens is 1020 g/mol. The average molecular weight is 1060 g/mol. The number of rotatable bonds is 20. The summed E-state index contributed by atoms with van der Waals surface area (Å²) in [5, 5.41) is 30.8. The maximum atomic E-state index is 12.8. The SMILES string of the molecule is O=S(=O)(O)c1ccc(Nc2nc(Nc3ccc(C=Cc4ccc(Nc5nc(Nc6ccc(S(=O)(=O)O)cc6)nc(N6CCOCC6)n5)cc4S(=O)(=O)O)c(S(=O)(=O)O)c3)nc(N(CCO)CCO)n2)cc1. The van der Waals surface area contributed by atoms with Gasteiger partial charge in [0.15, 0.2) is 0 Å². The summed E-state index contributed by atoms with van der Waals surface area (Å²) in [5.41, 5.74) is 0.409. The molecule has 1 aliphatic rings. The minimum atomic E-state index is -5.00. The van der Waals surface area contributed by atoms with Crippen molar-refractivity contribution < 1.29 is 66.8 Å². The second kappa shape index (κ2) is 21.5. The highest BCUT2D eigenvalue weighted by Crippen LogP contribution is 2.30. The van der Waals surface area contributed by atoms with E-state index in [2.05, 4.69) is 51.2 Å². The Balaban J connectivity index is 1.17. The summed E-state index contributed by atoms with van der Waals surface area (Å²) < 4.78 is 142. The number of aliphatic hydroxyl groups excluding tert-OH is 2. The van der Waals surface area contributed by atoms with Gasteiger partial charge in [0.1, 0.15) is 9.79 Å². The van der Waals surface area contributed by atoms with Crippen LogP contribution in [0.3, 0.4) is 0 Å². The van der Waals surface area contributed by atoms with Crippen molar-refractivity contribution in [3.8, 4) is 0 Å². The van der Waals surface area contributed by atoms with E-state index in [1.807, 2.05) is 0 Å². The number of anilines is 10. The average Bonchev–Trinajstić information content (AvgIpc) is 3.30. The van der Waals surface area contributed by atoms with Crippen LogP contribution in [0.15, 0.2) is 105 Å². The Morgan fingerprint density at radius 3 is 1.24 bits per heavy atom. The van der Waals surface area contributed by atoms with E-state index in [-0.39, 0.29) is 100.0 Å². The number of ether oxygens (including phenoxy) is 1. The van der Waals surface area contributed by atoms with E-state index >= 15 is 0 Å². The molecule has 1 fully saturated rings. The van der Waals surface area contributed by atoms with E-state index in [1.54, 1.807) is 4.90 Å². The zero-order valence-corrected chi connectivity index (χ0v) is 39.7. The number of nitrogens with one attached hydrogen (secondary N) is 4. The molecule has 31 heteroatoms. The third kappa shape index (κ3) is 13.9. The lowest BCUT2D eigenvalue weighted by atomic mass is 10.1. The number of aliphatic hydroxyl groups is 2. The van der Waals surface area contributed by atoms with Crippen LogP contribution in [-0.4, -0.2) is 145 Å². The molecule has 2 aromatic heterocycles. The van der Waals surface area contributed by atoms with Crippen molar-refractivity contribution >= 4 is 111 Å². The lowest BCUT2D eigenvalue weighted by Crippen LogP contribution is -2.37. The van der Waals surface area contributed by atoms with Gasteiger partial charge >= 0.3 is 0 Å². The Kier molecular flexibility index (Phi) is 15.7. The molecule has 0 unspecified atom stereocenters. The van der Waals surface area contributed by atoms with Crippen LogP contribution in [0.4, 0.5) is 58.4 Å². The van der Waals surface area contributed by atoms with E-state index in [1.165, 1.54) is 65.6 Å². The number of hydrogen-bond donors (Lipinski definition) is 10. The van der Waals surface area contributed by atoms with E-state index in [0.717, 1.165) is 36.4 Å². The van der Waals surface area contributed by atoms with Gasteiger partial charge < -0.3 is 46.0 Å². The zero-order valence-electron chi connectivity index (χ0n) is 36.5. The molecule has 0 spiro atoms. The fourth-order valence-electron chi connectivity index (χ4n) is 6.62. The number of hydrogen-bond acceptors (Lipinski definition) is 23. The van der Waals surface area contributed by atoms with Gasteiger partial charge in [0.05, 0.1) is 36.2 Å². The van der Waals surface area contributed by atoms with E-state index in [0.29, 0.717) is 32.0 Å². The van der Waals surface area contributed by atoms with Gasteiger partial charge in [0, 0.05) is 48.9 Å². The van der Waals surface area contributed by atoms with Gasteiger partial charge in [-0.1, -0.05) is 24.3 Å². The van der Waals surface area contributed by atoms with Gasteiger partial charge in [-0.05, 0) is 83.9 Å². The Labute approximate surface area is 405 Å². The normalized spacial score (nSPS) is 13.5. The molecule has 6 aromatic rings. The van der Waals surface area contributed by atoms with Crippen molar-refractivity contribution in [2.24, 2.45) is 0 Å². The van der Waals surface area contributed by atoms with Crippen LogP contribution in [0.2, 0.25) is 0 Å². The van der Waals surface area contributed by atoms with Crippen molar-refractivity contribution in [1.29, 1.82) is 0 Å². The second-order valence-corrected chi connectivity index (χ2v) is 20.5. The van der Waals surface area contributed by atoms with E-state index in [4.69, 9.17) is 4.74 Å². The Hall–Kier alpha value is -7.04. The maximum Gasteiger partial charge on any atom is 0.295 e. The van der Waals surface area contributed by atoms with Crippen molar-refractivity contribution in [3.05, 3.63) is 96.1 Å². The van der Waals surface area contributed by atoms with Crippen LogP contribution < -0.4 is 31.1 Å². The lowest BCUT2D eigenvalue weighted by Gasteiger charge is -2.27. The van der Waals surface area contributed by atoms with Gasteiger partial charge in [0.2, 0.25) is 35.7 Å². The summed E-state index contributed by atoms with van der Waals surface area (Å²) in [6.45, 7) is 0.776. The van der Waals surface area contributed by atoms with Crippen molar-refractivity contribution in [2.45, 2.75) is 19.6 Å². The van der Waals surface area contributed by atoms with E-state index < -0.39 is 50.3 Å². The minimum Gasteiger partial charge on any atom is -0.395 e. The zero-order chi connectivity index (χ0) is 51.1. The van der Waals surface area contributed by atoms with Crippen LogP contribution in [0.25, 0.3) is 12.2 Å². The summed E-state index contributed by atoms with van der Waals surface area (Å²) in [4.78, 5) is 27.4. The van der Waals surface area contributed by atoms with Crippen LogP contribution in [0.5, 0.6) is 0 Å². The molecule has 10 N–H and O–H groups in total. The highest BCUT2D eigenvalue weighted by molar-refractivity contribution is 7.86. The third-order valence-corrected chi connectivity index (χ3v) is 13.5. The lowest BCUT2D eigenvalue weighted by molar-refractivity contribution is 0.122. The molecule has 0 radical (unpaired) electrons. The molecule has 27 nitrogen and oxygen atoms in total. The summed E-state index contributed by atoms with van der Waals surface area (Å²) in [5.74, 6) is -0.318. The van der Waals surface area contributed by atoms with Crippen molar-refractivity contribution in [2.75, 3.05) is 83.7 Å². The monoisotopic (exact) mass is 1060 g/mol. The first-order valence-corrected chi connectivity index (χ1v) is 26.3. The molecule has 0 saturated carbocycles. The van der Waals surface area contributed by atoms with Gasteiger partial charge in [-0.2, -0.15) is 63.6 Å². The fraction of sp³-hybridized carbons (Fsp3) is 0.200. The molecule has 0 aliphatic carbocycles. The predicted octanol–water partition coefficient (Wildman–Crippen LogP) is 2.82. The molecule has 1 aliphatic heterocycles. The standard InChI is InChI=1S/C40H42N12O15S4/c53-19-15-51(16-20-54)39-47-35(41-27-7-11-31(12-8-27)68(55,56)57)45-37(49-39)43-29-5-3-25(33(23-29)70(61,62)63)1-2-26-4-6-30(24-34(26)71(64,65)66)44-38-46-36(48-40(50-38)52-17-21-67-22-18-52)42-28-9-13-32(14-10-28)69(58,59)60/h1-14,23-24,53-54H,15-22H2,(H,55,56,57)(H,58,59,60)(H,61,62,63)(H,64,65,66)(H2,41,43,45,47,49)(H2,42,44,46,48,50). The van der Waals surface area contributed by atoms with Crippen LogP contribution in [-0.2, 0) is 45.2 Å². The molecule has 0 atom stereocenters. The molecule has 3 heterocycles. The molecule has 0 amide bonds. The molecule has 7 rings (SSSR count). The quantitative estimate of drug-likeness (QED) is 0.0388. The maximum absolute atomic E-state index is 12.8. The summed E-state index contributed by atoms with van der Waals surface area (Å²) in [7, 11) is -18.9. The largest absolute Gasteiger partial charge is 0.395 e. The van der Waals surface area contributed by atoms with Gasteiger partial charge in [-0.3, -0.25) is 18.2 Å². The number of morpholine rings is 1. The van der Waals surface area contributed by atoms with Crippen molar-refractivity contribution in [3.63, 3.8) is 0 Å². The number of aromatic nitrogens is 6. The van der Waals surface area contributed by atoms with Crippen LogP contribution in [0, 0.1) is 0 Å². The molecule has 1 saturated heterocycles. The van der Waals surface area contributed by atoms with Crippen LogP contribution >= 0.6 is 0 Å². The summed E-state index contributed by atoms with van der Waals surface area (Å²) in [6, 6.07) is 17.3. The molecule has 0 bridgehead atoms. The smallest absolute Gasteiger partial charge is 0.295 e.